The minimum absolute atomic E-state index is 0.00961. The lowest BCUT2D eigenvalue weighted by molar-refractivity contribution is -0.0994. The molecule has 1 fully saturated rings. The maximum Gasteiger partial charge on any atom is 0.330 e. The van der Waals surface area contributed by atoms with Crippen LogP contribution in [0, 0.1) is 11.3 Å². The van der Waals surface area contributed by atoms with Crippen molar-refractivity contribution >= 4 is 8.53 Å². The standard InChI is InChI=1S/C40H49N4O9P/c1-27(2)44(28(3)4)54(51-25-11-23-41)53-37-36(49-7)34(52-38(37)43-24-22-35(45)42-39(43)46)26-50-40(29-12-9-8-10-13-29,30-14-18-32(47-5)19-15-30)31-16-20-33(48-6)21-17-31/h8-10,12-22,24,27-28,34,36-38H,11,25-26H2,1-7H3,(H,42,45,46). The second-order valence-corrected chi connectivity index (χ2v) is 14.6. The molecule has 288 valence electrons. The van der Waals surface area contributed by atoms with Gasteiger partial charge < -0.3 is 32.7 Å². The van der Waals surface area contributed by atoms with E-state index in [-0.39, 0.29) is 31.7 Å². The maximum absolute atomic E-state index is 13.3. The molecule has 0 spiro atoms. The summed E-state index contributed by atoms with van der Waals surface area (Å²) in [7, 11) is 3.00. The molecule has 1 saturated heterocycles. The lowest BCUT2D eigenvalue weighted by Crippen LogP contribution is -2.43. The monoisotopic (exact) mass is 760 g/mol. The molecule has 5 atom stereocenters. The minimum atomic E-state index is -1.79. The van der Waals surface area contributed by atoms with Crippen LogP contribution >= 0.6 is 8.53 Å². The summed E-state index contributed by atoms with van der Waals surface area (Å²) in [4.78, 5) is 27.8. The largest absolute Gasteiger partial charge is 0.497 e. The van der Waals surface area contributed by atoms with Crippen LogP contribution in [0.1, 0.15) is 57.0 Å². The van der Waals surface area contributed by atoms with Gasteiger partial charge in [0, 0.05) is 31.5 Å². The molecule has 14 heteroatoms. The first-order valence-corrected chi connectivity index (χ1v) is 18.9. The first-order chi connectivity index (χ1) is 26.1. The summed E-state index contributed by atoms with van der Waals surface area (Å²) in [5.74, 6) is 1.38. The summed E-state index contributed by atoms with van der Waals surface area (Å²) in [6.07, 6.45) is -1.98. The Balaban J connectivity index is 1.61. The molecule has 0 aliphatic carbocycles. The third-order valence-electron chi connectivity index (χ3n) is 9.19. The van der Waals surface area contributed by atoms with Gasteiger partial charge in [-0.25, -0.2) is 9.46 Å². The molecule has 5 rings (SSSR count). The van der Waals surface area contributed by atoms with Crippen molar-refractivity contribution in [3.63, 3.8) is 0 Å². The van der Waals surface area contributed by atoms with Gasteiger partial charge in [0.05, 0.1) is 39.9 Å². The van der Waals surface area contributed by atoms with Crippen molar-refractivity contribution in [2.75, 3.05) is 34.5 Å². The van der Waals surface area contributed by atoms with Gasteiger partial charge in [0.2, 0.25) is 0 Å². The lowest BCUT2D eigenvalue weighted by atomic mass is 9.80. The SMILES string of the molecule is COc1ccc(C(OCC2OC(n3ccc(=O)[nH]c3=O)C(OP(OCCC#N)N(C(C)C)C(C)C)C2OC)(c2ccccc2)c2ccc(OC)cc2)cc1. The molecule has 2 heterocycles. The molecular weight excluding hydrogens is 711 g/mol. The van der Waals surface area contributed by atoms with Crippen molar-refractivity contribution in [2.45, 2.75) is 76.3 Å². The Kier molecular flexibility index (Phi) is 14.2. The van der Waals surface area contributed by atoms with Gasteiger partial charge in [0.25, 0.3) is 14.1 Å². The number of hydrogen-bond donors (Lipinski definition) is 1. The number of benzene rings is 3. The van der Waals surface area contributed by atoms with Crippen molar-refractivity contribution in [2.24, 2.45) is 0 Å². The quantitative estimate of drug-likeness (QED) is 0.0710. The average molecular weight is 761 g/mol. The summed E-state index contributed by atoms with van der Waals surface area (Å²) in [5, 5.41) is 9.29. The highest BCUT2D eigenvalue weighted by Crippen LogP contribution is 2.51. The van der Waals surface area contributed by atoms with E-state index in [1.165, 1.54) is 16.8 Å². The Hall–Kier alpha value is -4.38. The van der Waals surface area contributed by atoms with Gasteiger partial charge in [0.15, 0.2) is 6.23 Å². The van der Waals surface area contributed by atoms with E-state index in [4.69, 9.17) is 32.7 Å². The van der Waals surface area contributed by atoms with Crippen LogP contribution in [0.25, 0.3) is 0 Å². The highest BCUT2D eigenvalue weighted by Gasteiger charge is 2.51. The van der Waals surface area contributed by atoms with E-state index in [0.29, 0.717) is 11.5 Å². The predicted molar refractivity (Wildman–Crippen MR) is 204 cm³/mol. The smallest absolute Gasteiger partial charge is 0.330 e. The summed E-state index contributed by atoms with van der Waals surface area (Å²) in [6, 6.07) is 28.7. The number of nitrogens with zero attached hydrogens (tertiary/aromatic N) is 3. The van der Waals surface area contributed by atoms with E-state index in [9.17, 15) is 14.9 Å². The van der Waals surface area contributed by atoms with Crippen LogP contribution < -0.4 is 20.7 Å². The molecule has 1 N–H and O–H groups in total. The van der Waals surface area contributed by atoms with Crippen LogP contribution in [0.2, 0.25) is 0 Å². The molecule has 5 unspecified atom stereocenters. The Morgan fingerprint density at radius 1 is 0.852 bits per heavy atom. The number of rotatable bonds is 18. The van der Waals surface area contributed by atoms with E-state index in [2.05, 4.69) is 15.7 Å². The Bertz CT molecular complexity index is 1870. The first kappa shape index (κ1) is 40.8. The molecule has 3 aromatic carbocycles. The van der Waals surface area contributed by atoms with Gasteiger partial charge in [-0.3, -0.25) is 14.3 Å². The van der Waals surface area contributed by atoms with Gasteiger partial charge in [-0.2, -0.15) is 5.26 Å². The highest BCUT2D eigenvalue weighted by atomic mass is 31.2. The zero-order valence-corrected chi connectivity index (χ0v) is 32.6. The maximum atomic E-state index is 13.3. The van der Waals surface area contributed by atoms with Crippen molar-refractivity contribution in [3.8, 4) is 17.6 Å². The van der Waals surface area contributed by atoms with Crippen molar-refractivity contribution in [1.29, 1.82) is 5.26 Å². The van der Waals surface area contributed by atoms with E-state index in [0.717, 1.165) is 16.7 Å². The third-order valence-corrected chi connectivity index (χ3v) is 11.3. The van der Waals surface area contributed by atoms with Crippen molar-refractivity contribution in [1.82, 2.24) is 14.2 Å². The van der Waals surface area contributed by atoms with Gasteiger partial charge in [-0.15, -0.1) is 0 Å². The number of methoxy groups -OCH3 is 3. The summed E-state index contributed by atoms with van der Waals surface area (Å²) in [6.45, 7) is 8.26. The predicted octanol–water partition coefficient (Wildman–Crippen LogP) is 6.14. The van der Waals surface area contributed by atoms with E-state index >= 15 is 0 Å². The van der Waals surface area contributed by atoms with Gasteiger partial charge in [-0.05, 0) is 68.7 Å². The fourth-order valence-electron chi connectivity index (χ4n) is 6.77. The lowest BCUT2D eigenvalue weighted by Gasteiger charge is -2.38. The Morgan fingerprint density at radius 3 is 1.93 bits per heavy atom. The van der Waals surface area contributed by atoms with Crippen LogP contribution in [-0.4, -0.2) is 79.2 Å². The average Bonchev–Trinajstić information content (AvgIpc) is 3.51. The van der Waals surface area contributed by atoms with E-state index in [1.54, 1.807) is 21.3 Å². The molecule has 1 aliphatic rings. The van der Waals surface area contributed by atoms with Gasteiger partial charge in [-0.1, -0.05) is 54.6 Å². The molecule has 4 aromatic rings. The van der Waals surface area contributed by atoms with E-state index < -0.39 is 49.9 Å². The summed E-state index contributed by atoms with van der Waals surface area (Å²) >= 11 is 0. The Labute approximate surface area is 317 Å². The Morgan fingerprint density at radius 2 is 1.43 bits per heavy atom. The number of H-pyrrole nitrogens is 1. The third kappa shape index (κ3) is 8.94. The number of nitrogens with one attached hydrogen (secondary N) is 1. The number of ether oxygens (including phenoxy) is 5. The van der Waals surface area contributed by atoms with Gasteiger partial charge in [0.1, 0.15) is 35.4 Å². The van der Waals surface area contributed by atoms with Crippen molar-refractivity contribution < 1.29 is 32.7 Å². The molecule has 0 radical (unpaired) electrons. The summed E-state index contributed by atoms with van der Waals surface area (Å²) in [5.41, 5.74) is 0.122. The molecule has 0 saturated carbocycles. The van der Waals surface area contributed by atoms with Crippen LogP contribution in [-0.2, 0) is 28.9 Å². The molecule has 13 nitrogen and oxygen atoms in total. The van der Waals surface area contributed by atoms with Gasteiger partial charge >= 0.3 is 5.69 Å². The second kappa shape index (κ2) is 18.8. The highest BCUT2D eigenvalue weighted by molar-refractivity contribution is 7.44. The van der Waals surface area contributed by atoms with Crippen LogP contribution in [0.5, 0.6) is 11.5 Å². The fourth-order valence-corrected chi connectivity index (χ4v) is 8.51. The van der Waals surface area contributed by atoms with Crippen molar-refractivity contribution in [3.05, 3.63) is 129 Å². The molecule has 0 bridgehead atoms. The van der Waals surface area contributed by atoms with Crippen LogP contribution in [0.4, 0.5) is 0 Å². The number of hydrogen-bond acceptors (Lipinski definition) is 11. The zero-order valence-electron chi connectivity index (χ0n) is 31.7. The van der Waals surface area contributed by atoms with Crippen LogP contribution in [0.3, 0.4) is 0 Å². The fraction of sp³-hybridized carbons (Fsp3) is 0.425. The normalized spacial score (nSPS) is 19.3. The topological polar surface area (TPSA) is 146 Å². The molecule has 1 aliphatic heterocycles. The molecular formula is C40H49N4O9P. The minimum Gasteiger partial charge on any atom is -0.497 e. The molecule has 54 heavy (non-hydrogen) atoms. The zero-order chi connectivity index (χ0) is 38.8. The van der Waals surface area contributed by atoms with E-state index in [1.807, 2.05) is 107 Å². The molecule has 1 aromatic heterocycles. The second-order valence-electron chi connectivity index (χ2n) is 13.2. The molecule has 0 amide bonds. The van der Waals surface area contributed by atoms with Crippen LogP contribution in [0.15, 0.2) is 101 Å². The first-order valence-electron chi connectivity index (χ1n) is 17.8. The number of aromatic nitrogens is 2. The number of nitriles is 1. The summed E-state index contributed by atoms with van der Waals surface area (Å²) < 4.78 is 47.5. The number of aromatic amines is 1.